The molecule has 0 saturated heterocycles. The van der Waals surface area contributed by atoms with Crippen LogP contribution in [0.3, 0.4) is 0 Å². The number of hydrogen-bond donors (Lipinski definition) is 2. The van der Waals surface area contributed by atoms with Gasteiger partial charge < -0.3 is 24.9 Å². The zero-order chi connectivity index (χ0) is 22.1. The Morgan fingerprint density at radius 2 is 2.10 bits per heavy atom. The molecule has 0 saturated carbocycles. The Balaban J connectivity index is 1.83. The number of hydrogen-bond acceptors (Lipinski definition) is 7. The van der Waals surface area contributed by atoms with Gasteiger partial charge in [0.1, 0.15) is 6.61 Å². The van der Waals surface area contributed by atoms with Crippen molar-refractivity contribution >= 4 is 16.9 Å². The highest BCUT2D eigenvalue weighted by Gasteiger charge is 2.45. The third-order valence-corrected chi connectivity index (χ3v) is 6.28. The number of aromatic nitrogens is 2. The Morgan fingerprint density at radius 1 is 1.32 bits per heavy atom. The fourth-order valence-corrected chi connectivity index (χ4v) is 4.55. The monoisotopic (exact) mass is 425 g/mol. The Kier molecular flexibility index (Phi) is 4.18. The van der Waals surface area contributed by atoms with Crippen molar-refractivity contribution in [3.8, 4) is 17.1 Å². The van der Waals surface area contributed by atoms with Gasteiger partial charge in [-0.25, -0.2) is 14.2 Å². The summed E-state index contributed by atoms with van der Waals surface area (Å²) < 4.78 is 26.0. The van der Waals surface area contributed by atoms with E-state index < -0.39 is 17.4 Å². The smallest absolute Gasteiger partial charge is 0.343 e. The summed E-state index contributed by atoms with van der Waals surface area (Å²) in [5.41, 5.74) is 7.04. The largest absolute Gasteiger partial charge is 0.494 e. The average Bonchev–Trinajstić information content (AvgIpc) is 3.13. The third kappa shape index (κ3) is 2.50. The van der Waals surface area contributed by atoms with E-state index >= 15 is 0 Å². The maximum atomic E-state index is 14.3. The molecule has 0 radical (unpaired) electrons. The lowest BCUT2D eigenvalue weighted by Gasteiger charge is -2.31. The van der Waals surface area contributed by atoms with Crippen LogP contribution in [0.2, 0.25) is 0 Å². The van der Waals surface area contributed by atoms with E-state index in [2.05, 4.69) is 4.98 Å². The van der Waals surface area contributed by atoms with Crippen molar-refractivity contribution < 1.29 is 23.8 Å². The topological polar surface area (TPSA) is 117 Å². The van der Waals surface area contributed by atoms with Gasteiger partial charge in [0.05, 0.1) is 36.1 Å². The van der Waals surface area contributed by atoms with Crippen LogP contribution < -0.4 is 16.0 Å². The van der Waals surface area contributed by atoms with E-state index in [1.807, 2.05) is 0 Å². The van der Waals surface area contributed by atoms with E-state index in [0.29, 0.717) is 22.3 Å². The number of ether oxygens (including phenoxy) is 2. The summed E-state index contributed by atoms with van der Waals surface area (Å²) in [7, 11) is 1.38. The van der Waals surface area contributed by atoms with E-state index in [-0.39, 0.29) is 48.6 Å². The van der Waals surface area contributed by atoms with Crippen molar-refractivity contribution in [1.82, 2.24) is 9.55 Å². The van der Waals surface area contributed by atoms with Gasteiger partial charge in [0.25, 0.3) is 5.56 Å². The number of cyclic esters (lactones) is 1. The van der Waals surface area contributed by atoms with Crippen molar-refractivity contribution in [3.05, 3.63) is 56.6 Å². The number of benzene rings is 1. The van der Waals surface area contributed by atoms with Crippen molar-refractivity contribution in [3.63, 3.8) is 0 Å². The molecule has 3 N–H and O–H groups in total. The second-order valence-electron chi connectivity index (χ2n) is 7.73. The lowest BCUT2D eigenvalue weighted by atomic mass is 9.86. The fraction of sp³-hybridized carbons (Fsp3) is 0.318. The van der Waals surface area contributed by atoms with Crippen LogP contribution in [0.5, 0.6) is 5.75 Å². The highest BCUT2D eigenvalue weighted by atomic mass is 19.1. The first-order valence-electron chi connectivity index (χ1n) is 9.90. The summed E-state index contributed by atoms with van der Waals surface area (Å²) >= 11 is 0. The zero-order valence-electron chi connectivity index (χ0n) is 17.0. The van der Waals surface area contributed by atoms with Crippen molar-refractivity contribution in [2.45, 2.75) is 38.6 Å². The minimum Gasteiger partial charge on any atom is -0.494 e. The number of esters is 1. The molecule has 5 rings (SSSR count). The third-order valence-electron chi connectivity index (χ3n) is 6.28. The lowest BCUT2D eigenvalue weighted by Crippen LogP contribution is -2.44. The summed E-state index contributed by atoms with van der Waals surface area (Å²) in [6.45, 7) is 1.82. The minimum absolute atomic E-state index is 0.0544. The van der Waals surface area contributed by atoms with Gasteiger partial charge in [-0.3, -0.25) is 4.79 Å². The molecular formula is C22H20FN3O5. The summed E-state index contributed by atoms with van der Waals surface area (Å²) in [6, 6.07) is 4.44. The zero-order valence-corrected chi connectivity index (χ0v) is 17.0. The first-order chi connectivity index (χ1) is 14.8. The van der Waals surface area contributed by atoms with E-state index in [0.717, 1.165) is 11.1 Å². The van der Waals surface area contributed by atoms with Gasteiger partial charge in [-0.2, -0.15) is 0 Å². The number of fused-ring (bicyclic) bond motifs is 5. The van der Waals surface area contributed by atoms with Gasteiger partial charge in [0.15, 0.2) is 17.2 Å². The highest BCUT2D eigenvalue weighted by Crippen LogP contribution is 2.40. The molecule has 2 aromatic heterocycles. The first-order valence-corrected chi connectivity index (χ1v) is 9.90. The van der Waals surface area contributed by atoms with Crippen molar-refractivity contribution in [2.24, 2.45) is 5.73 Å². The molecule has 0 aliphatic carbocycles. The summed E-state index contributed by atoms with van der Waals surface area (Å²) in [6.07, 6.45) is 0.0544. The Bertz CT molecular complexity index is 1350. The van der Waals surface area contributed by atoms with Crippen LogP contribution >= 0.6 is 0 Å². The van der Waals surface area contributed by atoms with Crippen LogP contribution in [-0.2, 0) is 34.8 Å². The van der Waals surface area contributed by atoms with Crippen LogP contribution in [0.4, 0.5) is 4.39 Å². The molecule has 0 spiro atoms. The maximum Gasteiger partial charge on any atom is 0.343 e. The van der Waals surface area contributed by atoms with Crippen molar-refractivity contribution in [1.29, 1.82) is 0 Å². The van der Waals surface area contributed by atoms with E-state index in [4.69, 9.17) is 15.2 Å². The predicted octanol–water partition coefficient (Wildman–Crippen LogP) is 1.69. The Morgan fingerprint density at radius 3 is 2.77 bits per heavy atom. The molecule has 31 heavy (non-hydrogen) atoms. The van der Waals surface area contributed by atoms with E-state index in [1.54, 1.807) is 19.1 Å². The molecule has 0 bridgehead atoms. The fourth-order valence-electron chi connectivity index (χ4n) is 4.55. The normalized spacial score (nSPS) is 19.1. The molecule has 1 aromatic carbocycles. The first kappa shape index (κ1) is 19.7. The SMILES string of the molecule is CC[C@@]1(O)C(=O)OCc2c1cc1n(c2=O)Cc2c-1nc1cc(F)c(OC)cc1c2CN. The van der Waals surface area contributed by atoms with E-state index in [1.165, 1.54) is 17.7 Å². The summed E-state index contributed by atoms with van der Waals surface area (Å²) in [4.78, 5) is 30.1. The molecule has 3 aromatic rings. The van der Waals surface area contributed by atoms with Crippen LogP contribution in [0, 0.1) is 5.82 Å². The number of pyridine rings is 2. The van der Waals surface area contributed by atoms with Gasteiger partial charge >= 0.3 is 5.97 Å². The number of aliphatic hydroxyl groups is 1. The van der Waals surface area contributed by atoms with Crippen LogP contribution in [0.25, 0.3) is 22.3 Å². The van der Waals surface area contributed by atoms with Crippen LogP contribution in [0.1, 0.15) is 35.6 Å². The lowest BCUT2D eigenvalue weighted by molar-refractivity contribution is -0.172. The molecule has 0 fully saturated rings. The highest BCUT2D eigenvalue weighted by molar-refractivity contribution is 5.90. The van der Waals surface area contributed by atoms with Crippen LogP contribution in [-0.4, -0.2) is 27.7 Å². The second-order valence-corrected chi connectivity index (χ2v) is 7.73. The van der Waals surface area contributed by atoms with Gasteiger partial charge in [0, 0.05) is 29.1 Å². The molecule has 0 amide bonds. The molecule has 8 nitrogen and oxygen atoms in total. The maximum absolute atomic E-state index is 14.3. The molecule has 2 aliphatic rings. The molecule has 160 valence electrons. The number of nitrogens with zero attached hydrogens (tertiary/aromatic N) is 2. The van der Waals surface area contributed by atoms with E-state index in [9.17, 15) is 19.1 Å². The summed E-state index contributed by atoms with van der Waals surface area (Å²) in [5, 5.41) is 11.6. The van der Waals surface area contributed by atoms with Crippen LogP contribution in [0.15, 0.2) is 23.0 Å². The van der Waals surface area contributed by atoms with Gasteiger partial charge in [-0.15, -0.1) is 0 Å². The van der Waals surface area contributed by atoms with Gasteiger partial charge in [-0.1, -0.05) is 6.92 Å². The number of halogens is 1. The molecule has 4 heterocycles. The number of nitrogens with two attached hydrogens (primary N) is 1. The average molecular weight is 425 g/mol. The minimum atomic E-state index is -1.90. The number of carbonyl (C=O) groups excluding carboxylic acids is 1. The molecule has 2 aliphatic heterocycles. The number of carbonyl (C=O) groups is 1. The second kappa shape index (κ2) is 6.60. The predicted molar refractivity (Wildman–Crippen MR) is 109 cm³/mol. The van der Waals surface area contributed by atoms with Gasteiger partial charge in [-0.05, 0) is 24.1 Å². The quantitative estimate of drug-likeness (QED) is 0.480. The Hall–Kier alpha value is -3.30. The van der Waals surface area contributed by atoms with Gasteiger partial charge in [0.2, 0.25) is 0 Å². The Labute approximate surface area is 176 Å². The standard InChI is InChI=1S/C22H20FN3O5/c1-3-22(29)14-5-17-19-12(8-26(17)20(27)13(14)9-31-21(22)28)11(7-24)10-4-18(30-2)15(23)6-16(10)25-19/h4-6,29H,3,7-9,24H2,1-2H3/t22-/m0/s1. The molecule has 0 unspecified atom stereocenters. The molecule has 9 heteroatoms. The molecule has 1 atom stereocenters. The number of methoxy groups -OCH3 is 1. The number of rotatable bonds is 3. The summed E-state index contributed by atoms with van der Waals surface area (Å²) in [5.74, 6) is -1.27. The van der Waals surface area contributed by atoms with Crippen molar-refractivity contribution in [2.75, 3.05) is 7.11 Å². The molecular weight excluding hydrogens is 405 g/mol.